The summed E-state index contributed by atoms with van der Waals surface area (Å²) in [6.07, 6.45) is 3.53. The maximum Gasteiger partial charge on any atom is 0.272 e. The molecule has 8 aromatic rings. The lowest BCUT2D eigenvalue weighted by molar-refractivity contribution is 0.721. The molecule has 0 saturated carbocycles. The van der Waals surface area contributed by atoms with Gasteiger partial charge in [-0.3, -0.25) is 0 Å². The van der Waals surface area contributed by atoms with E-state index >= 15 is 0 Å². The molecule has 0 aliphatic heterocycles. The van der Waals surface area contributed by atoms with E-state index in [-0.39, 0.29) is 0 Å². The molecule has 4 aromatic heterocycles. The van der Waals surface area contributed by atoms with E-state index in [4.69, 9.17) is 24.4 Å². The van der Waals surface area contributed by atoms with E-state index < -0.39 is 0 Å². The second-order valence-electron chi connectivity index (χ2n) is 12.5. The largest absolute Gasteiger partial charge is 0.272 e. The molecule has 0 saturated heterocycles. The highest BCUT2D eigenvalue weighted by molar-refractivity contribution is 7.71. The van der Waals surface area contributed by atoms with Gasteiger partial charge >= 0.3 is 0 Å². The van der Waals surface area contributed by atoms with Crippen LogP contribution in [-0.4, -0.2) is 61.7 Å². The van der Waals surface area contributed by atoms with Gasteiger partial charge in [-0.2, -0.15) is 34.4 Å². The zero-order chi connectivity index (χ0) is 37.6. The molecule has 0 aliphatic rings. The maximum absolute atomic E-state index is 5.37. The number of aromatic nitrogens is 10. The zero-order valence-electron chi connectivity index (χ0n) is 30.0. The van der Waals surface area contributed by atoms with Crippen LogP contribution < -0.4 is 0 Å². The summed E-state index contributed by atoms with van der Waals surface area (Å²) in [4.78, 5) is 0. The van der Waals surface area contributed by atoms with Gasteiger partial charge in [0, 0.05) is 16.8 Å². The van der Waals surface area contributed by atoms with Crippen LogP contribution in [-0.2, 0) is 0 Å². The Morgan fingerprint density at radius 3 is 1.61 bits per heavy atom. The number of aryl methyl sites for hydroxylation is 4. The minimum absolute atomic E-state index is 0.404. The van der Waals surface area contributed by atoms with E-state index in [0.717, 1.165) is 45.0 Å². The number of nitrogens with zero attached hydrogens (tertiary/aromatic N) is 10. The van der Waals surface area contributed by atoms with Crippen molar-refractivity contribution in [2.75, 3.05) is 0 Å². The lowest BCUT2D eigenvalue weighted by atomic mass is 10.1. The summed E-state index contributed by atoms with van der Waals surface area (Å²) in [6, 6.07) is 40.3. The van der Waals surface area contributed by atoms with Crippen LogP contribution in [0.2, 0.25) is 0 Å². The number of hydrogen-bond donors (Lipinski definition) is 2. The number of benzene rings is 4. The summed E-state index contributed by atoms with van der Waals surface area (Å²) in [6.45, 7) is 8.02. The van der Waals surface area contributed by atoms with Gasteiger partial charge in [-0.05, 0) is 75.4 Å². The van der Waals surface area contributed by atoms with E-state index in [1.807, 2.05) is 137 Å². The van der Waals surface area contributed by atoms with E-state index in [0.29, 0.717) is 21.4 Å². The predicted octanol–water partition coefficient (Wildman–Crippen LogP) is 8.58. The van der Waals surface area contributed by atoms with Crippen molar-refractivity contribution >= 4 is 36.9 Å². The summed E-state index contributed by atoms with van der Waals surface area (Å²) < 4.78 is 7.46. The highest BCUT2D eigenvalue weighted by Gasteiger charge is 2.16. The first-order valence-corrected chi connectivity index (χ1v) is 17.9. The van der Waals surface area contributed by atoms with Gasteiger partial charge in [-0.25, -0.2) is 14.9 Å². The second kappa shape index (κ2) is 15.9. The van der Waals surface area contributed by atoms with Crippen LogP contribution in [0.25, 0.3) is 34.4 Å². The van der Waals surface area contributed by atoms with Crippen LogP contribution in [0.4, 0.5) is 0 Å². The van der Waals surface area contributed by atoms with E-state index in [2.05, 4.69) is 52.9 Å². The van der Waals surface area contributed by atoms with Crippen LogP contribution >= 0.6 is 24.4 Å². The molecule has 0 spiro atoms. The smallest absolute Gasteiger partial charge is 0.248 e. The Hall–Kier alpha value is -6.64. The Bertz CT molecular complexity index is 2710. The third kappa shape index (κ3) is 8.04. The molecular weight excluding hydrogens is 713 g/mol. The Labute approximate surface area is 321 Å². The summed E-state index contributed by atoms with van der Waals surface area (Å²) in [7, 11) is 0. The molecule has 0 amide bonds. The molecule has 4 aromatic carbocycles. The lowest BCUT2D eigenvalue weighted by Crippen LogP contribution is -2.07. The quantitative estimate of drug-likeness (QED) is 0.118. The SMILES string of the molecule is Cc1cccc(/C=N/n2c(-n3nc(-c4ccccc4)cc3C)n[nH]c2=S)c1.Cc1cccc(/C=N/n2c(-n3nc(C)cc3-c3ccccc3)n[nH]c2=S)c1. The summed E-state index contributed by atoms with van der Waals surface area (Å²) in [5.41, 5.74) is 10.0. The molecule has 4 heterocycles. The summed E-state index contributed by atoms with van der Waals surface area (Å²) >= 11 is 10.7. The van der Waals surface area contributed by atoms with Crippen molar-refractivity contribution in [3.8, 4) is 34.4 Å². The highest BCUT2D eigenvalue weighted by atomic mass is 32.1. The summed E-state index contributed by atoms with van der Waals surface area (Å²) in [5, 5.41) is 32.6. The Morgan fingerprint density at radius 1 is 0.556 bits per heavy atom. The molecule has 0 unspecified atom stereocenters. The molecule has 12 nitrogen and oxygen atoms in total. The first-order valence-electron chi connectivity index (χ1n) is 17.1. The topological polar surface area (TPSA) is 128 Å². The summed E-state index contributed by atoms with van der Waals surface area (Å²) in [5.74, 6) is 1.03. The van der Waals surface area contributed by atoms with Crippen LogP contribution in [0.1, 0.15) is 33.6 Å². The zero-order valence-corrected chi connectivity index (χ0v) is 31.6. The van der Waals surface area contributed by atoms with E-state index in [1.54, 1.807) is 31.1 Å². The van der Waals surface area contributed by atoms with Gasteiger partial charge in [0.25, 0.3) is 11.9 Å². The van der Waals surface area contributed by atoms with Crippen molar-refractivity contribution < 1.29 is 0 Å². The fourth-order valence-electron chi connectivity index (χ4n) is 5.69. The molecule has 2 N–H and O–H groups in total. The lowest BCUT2D eigenvalue weighted by Gasteiger charge is -2.06. The molecule has 8 rings (SSSR count). The Kier molecular flexibility index (Phi) is 10.6. The van der Waals surface area contributed by atoms with Crippen LogP contribution in [0.15, 0.2) is 132 Å². The van der Waals surface area contributed by atoms with Crippen molar-refractivity contribution in [1.29, 1.82) is 0 Å². The molecule has 268 valence electrons. The monoisotopic (exact) mass is 748 g/mol. The average molecular weight is 749 g/mol. The average Bonchev–Trinajstić information content (AvgIpc) is 3.96. The minimum Gasteiger partial charge on any atom is -0.248 e. The van der Waals surface area contributed by atoms with Gasteiger partial charge in [0.15, 0.2) is 0 Å². The third-order valence-electron chi connectivity index (χ3n) is 8.23. The third-order valence-corrected chi connectivity index (χ3v) is 8.76. The number of nitrogens with one attached hydrogen (secondary N) is 2. The molecule has 0 fully saturated rings. The van der Waals surface area contributed by atoms with Crippen LogP contribution in [0.3, 0.4) is 0 Å². The van der Waals surface area contributed by atoms with Crippen molar-refractivity contribution in [3.05, 3.63) is 165 Å². The molecule has 0 bridgehead atoms. The molecular formula is C40H36N12S2. The van der Waals surface area contributed by atoms with Gasteiger partial charge in [-0.1, -0.05) is 120 Å². The van der Waals surface area contributed by atoms with Crippen molar-refractivity contribution in [2.45, 2.75) is 27.7 Å². The standard InChI is InChI=1S/2C20H18N6S/c1-14-7-6-8-16(11-14)13-21-26-19(22-23-20(26)27)25-15(2)12-18(24-25)17-9-4-3-5-10-17;1-14-7-6-8-16(11-14)13-21-26-19(22-23-20(26)27)25-18(12-15(2)24-25)17-9-4-3-5-10-17/h2*3-13H,1-2H3,(H,23,27)/b2*21-13+. The second-order valence-corrected chi connectivity index (χ2v) is 13.3. The van der Waals surface area contributed by atoms with E-state index in [9.17, 15) is 0 Å². The van der Waals surface area contributed by atoms with Gasteiger partial charge in [-0.15, -0.1) is 10.2 Å². The van der Waals surface area contributed by atoms with Crippen LogP contribution in [0.5, 0.6) is 0 Å². The molecule has 0 atom stereocenters. The van der Waals surface area contributed by atoms with Crippen molar-refractivity contribution in [1.82, 2.24) is 49.3 Å². The number of H-pyrrole nitrogens is 2. The van der Waals surface area contributed by atoms with E-state index in [1.165, 1.54) is 11.1 Å². The fraction of sp³-hybridized carbons (Fsp3) is 0.100. The molecule has 0 aliphatic carbocycles. The Balaban J connectivity index is 0.000000167. The number of hydrogen-bond acceptors (Lipinski definition) is 8. The number of rotatable bonds is 8. The van der Waals surface area contributed by atoms with Gasteiger partial charge < -0.3 is 0 Å². The maximum atomic E-state index is 5.37. The molecule has 54 heavy (non-hydrogen) atoms. The highest BCUT2D eigenvalue weighted by Crippen LogP contribution is 2.23. The minimum atomic E-state index is 0.404. The first kappa shape index (κ1) is 35.7. The van der Waals surface area contributed by atoms with Gasteiger partial charge in [0.1, 0.15) is 0 Å². The number of aromatic amines is 2. The molecule has 0 radical (unpaired) electrons. The van der Waals surface area contributed by atoms with Gasteiger partial charge in [0.05, 0.1) is 29.5 Å². The van der Waals surface area contributed by atoms with Crippen LogP contribution in [0, 0.1) is 37.2 Å². The fourth-order valence-corrected chi connectivity index (χ4v) is 6.04. The van der Waals surface area contributed by atoms with Crippen molar-refractivity contribution in [2.24, 2.45) is 10.2 Å². The Morgan fingerprint density at radius 2 is 1.07 bits per heavy atom. The molecule has 14 heteroatoms. The first-order chi connectivity index (χ1) is 26.2. The normalized spacial score (nSPS) is 11.3. The van der Waals surface area contributed by atoms with Gasteiger partial charge in [0.2, 0.25) is 9.54 Å². The van der Waals surface area contributed by atoms with Crippen molar-refractivity contribution in [3.63, 3.8) is 0 Å². The predicted molar refractivity (Wildman–Crippen MR) is 218 cm³/mol.